The highest BCUT2D eigenvalue weighted by atomic mass is 16.5. The fourth-order valence-electron chi connectivity index (χ4n) is 5.54. The smallest absolute Gasteiger partial charge is 0.343 e. The molecular formula is C33H40O2. The van der Waals surface area contributed by atoms with Crippen molar-refractivity contribution in [2.45, 2.75) is 83.5 Å². The average molecular weight is 469 g/mol. The predicted octanol–water partition coefficient (Wildman–Crippen LogP) is 8.87. The highest BCUT2D eigenvalue weighted by Crippen LogP contribution is 2.45. The molecule has 1 saturated carbocycles. The molecule has 0 amide bonds. The molecule has 0 saturated heterocycles. The summed E-state index contributed by atoms with van der Waals surface area (Å²) in [6, 6.07) is 26.9. The van der Waals surface area contributed by atoms with Gasteiger partial charge in [0.25, 0.3) is 0 Å². The highest BCUT2D eigenvalue weighted by molar-refractivity contribution is 5.90. The van der Waals surface area contributed by atoms with Crippen LogP contribution in [0.3, 0.4) is 0 Å². The van der Waals surface area contributed by atoms with Crippen molar-refractivity contribution < 1.29 is 9.53 Å². The third-order valence-corrected chi connectivity index (χ3v) is 8.33. The van der Waals surface area contributed by atoms with Crippen molar-refractivity contribution in [1.82, 2.24) is 0 Å². The van der Waals surface area contributed by atoms with Crippen molar-refractivity contribution in [3.05, 3.63) is 101 Å². The molecule has 0 aromatic heterocycles. The zero-order valence-electron chi connectivity index (χ0n) is 21.8. The Morgan fingerprint density at radius 3 is 1.94 bits per heavy atom. The Bertz CT molecular complexity index is 1080. The number of hydrogen-bond donors (Lipinski definition) is 0. The number of ether oxygens (including phenoxy) is 1. The zero-order valence-corrected chi connectivity index (χ0v) is 21.8. The van der Waals surface area contributed by atoms with Crippen molar-refractivity contribution in [3.8, 4) is 5.75 Å². The van der Waals surface area contributed by atoms with Crippen molar-refractivity contribution in [1.29, 1.82) is 0 Å². The molecular weight excluding hydrogens is 428 g/mol. The van der Waals surface area contributed by atoms with E-state index >= 15 is 0 Å². The van der Waals surface area contributed by atoms with E-state index in [4.69, 9.17) is 4.74 Å². The SMILES string of the molecule is CCC(C)(C)c1ccc(C2(c3ccc(OC(=O)c4ccccc4)cc3)CCCC(C)CCC2)cc1. The van der Waals surface area contributed by atoms with Crippen molar-refractivity contribution in [3.63, 3.8) is 0 Å². The Balaban J connectivity index is 1.64. The summed E-state index contributed by atoms with van der Waals surface area (Å²) >= 11 is 0. The predicted molar refractivity (Wildman–Crippen MR) is 145 cm³/mol. The van der Waals surface area contributed by atoms with Gasteiger partial charge in [-0.2, -0.15) is 0 Å². The van der Waals surface area contributed by atoms with Crippen molar-refractivity contribution in [2.75, 3.05) is 0 Å². The summed E-state index contributed by atoms with van der Waals surface area (Å²) < 4.78 is 5.67. The van der Waals surface area contributed by atoms with Crippen LogP contribution < -0.4 is 4.74 Å². The molecule has 3 aromatic rings. The van der Waals surface area contributed by atoms with Gasteiger partial charge in [0.15, 0.2) is 0 Å². The van der Waals surface area contributed by atoms with E-state index < -0.39 is 0 Å². The number of benzene rings is 3. The minimum absolute atomic E-state index is 0.00298. The Morgan fingerprint density at radius 1 is 0.857 bits per heavy atom. The Labute approximate surface area is 211 Å². The molecule has 184 valence electrons. The summed E-state index contributed by atoms with van der Waals surface area (Å²) in [6.45, 7) is 9.30. The van der Waals surface area contributed by atoms with E-state index in [1.807, 2.05) is 30.3 Å². The first-order valence-corrected chi connectivity index (χ1v) is 13.3. The van der Waals surface area contributed by atoms with Gasteiger partial charge in [-0.05, 0) is 71.6 Å². The fourth-order valence-corrected chi connectivity index (χ4v) is 5.54. The summed E-state index contributed by atoms with van der Waals surface area (Å²) in [7, 11) is 0. The van der Waals surface area contributed by atoms with Crippen LogP contribution in [0.15, 0.2) is 78.9 Å². The molecule has 35 heavy (non-hydrogen) atoms. The van der Waals surface area contributed by atoms with Crippen LogP contribution in [0.2, 0.25) is 0 Å². The van der Waals surface area contributed by atoms with Crippen LogP contribution in [0, 0.1) is 5.92 Å². The van der Waals surface area contributed by atoms with Crippen LogP contribution in [0.25, 0.3) is 0 Å². The highest BCUT2D eigenvalue weighted by Gasteiger charge is 2.35. The minimum atomic E-state index is -0.317. The van der Waals surface area contributed by atoms with Crippen molar-refractivity contribution >= 4 is 5.97 Å². The van der Waals surface area contributed by atoms with E-state index in [2.05, 4.69) is 64.1 Å². The lowest BCUT2D eigenvalue weighted by Crippen LogP contribution is -2.30. The minimum Gasteiger partial charge on any atom is -0.423 e. The first kappa shape index (κ1) is 25.2. The summed E-state index contributed by atoms with van der Waals surface area (Å²) in [5, 5.41) is 0. The molecule has 3 aromatic carbocycles. The maximum absolute atomic E-state index is 12.5. The maximum atomic E-state index is 12.5. The van der Waals surface area contributed by atoms with Gasteiger partial charge in [-0.3, -0.25) is 0 Å². The summed E-state index contributed by atoms with van der Waals surface area (Å²) in [4.78, 5) is 12.5. The molecule has 0 bridgehead atoms. The molecule has 2 heteroatoms. The molecule has 0 heterocycles. The van der Waals surface area contributed by atoms with Gasteiger partial charge in [-0.1, -0.05) is 108 Å². The molecule has 1 aliphatic rings. The van der Waals surface area contributed by atoms with Crippen LogP contribution in [0.1, 0.15) is 99.7 Å². The molecule has 0 radical (unpaired) electrons. The number of carbonyl (C=O) groups is 1. The maximum Gasteiger partial charge on any atom is 0.343 e. The van der Waals surface area contributed by atoms with E-state index in [9.17, 15) is 4.79 Å². The van der Waals surface area contributed by atoms with E-state index in [1.54, 1.807) is 12.1 Å². The molecule has 0 N–H and O–H groups in total. The topological polar surface area (TPSA) is 26.3 Å². The number of esters is 1. The summed E-state index contributed by atoms with van der Waals surface area (Å²) in [6.07, 6.45) is 8.46. The van der Waals surface area contributed by atoms with Crippen LogP contribution in [-0.2, 0) is 10.8 Å². The Morgan fingerprint density at radius 2 is 1.40 bits per heavy atom. The van der Waals surface area contributed by atoms with Crippen LogP contribution in [0.5, 0.6) is 5.75 Å². The molecule has 4 rings (SSSR count). The Hall–Kier alpha value is -2.87. The second kappa shape index (κ2) is 10.8. The van der Waals surface area contributed by atoms with Gasteiger partial charge >= 0.3 is 5.97 Å². The lowest BCUT2D eigenvalue weighted by molar-refractivity contribution is 0.0734. The van der Waals surface area contributed by atoms with Gasteiger partial charge in [-0.15, -0.1) is 0 Å². The molecule has 0 unspecified atom stereocenters. The monoisotopic (exact) mass is 468 g/mol. The van der Waals surface area contributed by atoms with Gasteiger partial charge in [0.2, 0.25) is 0 Å². The summed E-state index contributed by atoms with van der Waals surface area (Å²) in [5.74, 6) is 1.08. The van der Waals surface area contributed by atoms with E-state index in [0.29, 0.717) is 11.3 Å². The summed E-state index contributed by atoms with van der Waals surface area (Å²) in [5.41, 5.74) is 4.90. The number of rotatable bonds is 6. The lowest BCUT2D eigenvalue weighted by atomic mass is 9.66. The molecule has 2 nitrogen and oxygen atoms in total. The number of carbonyl (C=O) groups excluding carboxylic acids is 1. The number of hydrogen-bond acceptors (Lipinski definition) is 2. The molecule has 0 atom stereocenters. The van der Waals surface area contributed by atoms with E-state index in [1.165, 1.54) is 42.4 Å². The molecule has 0 spiro atoms. The normalized spacial score (nSPS) is 21.1. The lowest BCUT2D eigenvalue weighted by Gasteiger charge is -2.38. The van der Waals surface area contributed by atoms with Gasteiger partial charge in [0, 0.05) is 5.41 Å². The van der Waals surface area contributed by atoms with E-state index in [-0.39, 0.29) is 16.8 Å². The molecule has 0 aliphatic heterocycles. The van der Waals surface area contributed by atoms with Gasteiger partial charge in [-0.25, -0.2) is 4.79 Å². The molecule has 1 fully saturated rings. The third-order valence-electron chi connectivity index (χ3n) is 8.33. The van der Waals surface area contributed by atoms with Crippen LogP contribution in [0.4, 0.5) is 0 Å². The van der Waals surface area contributed by atoms with Gasteiger partial charge < -0.3 is 4.74 Å². The zero-order chi connectivity index (χ0) is 24.9. The average Bonchev–Trinajstić information content (AvgIpc) is 2.87. The second-order valence-electron chi connectivity index (χ2n) is 11.1. The quantitative estimate of drug-likeness (QED) is 0.267. The largest absolute Gasteiger partial charge is 0.423 e. The fraction of sp³-hybridized carbons (Fsp3) is 0.424. The third kappa shape index (κ3) is 5.69. The first-order chi connectivity index (χ1) is 16.8. The van der Waals surface area contributed by atoms with Crippen molar-refractivity contribution in [2.24, 2.45) is 5.92 Å². The van der Waals surface area contributed by atoms with Crippen LogP contribution in [-0.4, -0.2) is 5.97 Å². The van der Waals surface area contributed by atoms with E-state index in [0.717, 1.165) is 25.2 Å². The standard InChI is InChI=1S/C33H40O2/c1-5-32(3,4)27-15-17-28(18-16-27)33(23-9-11-25(2)12-10-24-33)29-19-21-30(22-20-29)35-31(34)26-13-7-6-8-14-26/h6-8,13-22,25H,5,9-12,23-24H2,1-4H3. The van der Waals surface area contributed by atoms with Gasteiger partial charge in [0.05, 0.1) is 5.56 Å². The van der Waals surface area contributed by atoms with Crippen LogP contribution >= 0.6 is 0 Å². The first-order valence-electron chi connectivity index (χ1n) is 13.3. The molecule has 1 aliphatic carbocycles. The second-order valence-corrected chi connectivity index (χ2v) is 11.1. The van der Waals surface area contributed by atoms with Gasteiger partial charge in [0.1, 0.15) is 5.75 Å². The Kier molecular flexibility index (Phi) is 7.79.